The zero-order chi connectivity index (χ0) is 29.6. The van der Waals surface area contributed by atoms with Crippen LogP contribution in [0.4, 0.5) is 0 Å². The molecule has 6 rings (SSSR count). The molecule has 1 heterocycles. The van der Waals surface area contributed by atoms with Gasteiger partial charge in [-0.1, -0.05) is 42.8 Å². The quantitative estimate of drug-likeness (QED) is 0.344. The maximum atomic E-state index is 12.6. The molecular weight excluding hydrogens is 530 g/mol. The van der Waals surface area contributed by atoms with Crippen LogP contribution in [0.15, 0.2) is 47.3 Å². The minimum absolute atomic E-state index is 0.145. The van der Waals surface area contributed by atoms with Crippen molar-refractivity contribution in [2.24, 2.45) is 39.7 Å². The Morgan fingerprint density at radius 3 is 2.69 bits per heavy atom. The molecule has 4 aliphatic rings. The smallest absolute Gasteiger partial charge is 0.326 e. The number of hydrogen-bond acceptors (Lipinski definition) is 5. The Labute approximate surface area is 247 Å². The van der Waals surface area contributed by atoms with Crippen LogP contribution < -0.4 is 5.32 Å². The molecule has 2 aromatic rings. The summed E-state index contributed by atoms with van der Waals surface area (Å²) in [4.78, 5) is 45.5. The van der Waals surface area contributed by atoms with Crippen LogP contribution in [-0.2, 0) is 25.6 Å². The van der Waals surface area contributed by atoms with Crippen molar-refractivity contribution >= 4 is 34.3 Å². The fourth-order valence-corrected chi connectivity index (χ4v) is 9.44. The normalized spacial score (nSPS) is 33.7. The molecule has 42 heavy (non-hydrogen) atoms. The van der Waals surface area contributed by atoms with E-state index in [0.29, 0.717) is 23.5 Å². The van der Waals surface area contributed by atoms with Gasteiger partial charge in [0.05, 0.1) is 5.71 Å². The van der Waals surface area contributed by atoms with Crippen molar-refractivity contribution in [2.45, 2.75) is 84.6 Å². The summed E-state index contributed by atoms with van der Waals surface area (Å²) in [6.07, 6.45) is 12.7. The number of nitrogens with zero attached hydrogens (tertiary/aromatic N) is 1. The number of carbonyl (C=O) groups is 3. The van der Waals surface area contributed by atoms with Crippen LogP contribution in [0.3, 0.4) is 0 Å². The maximum Gasteiger partial charge on any atom is 0.326 e. The SMILES string of the molecule is CC(=O)[C@@H]1CC[C@@H]2[C@@H]3CCC4=C/C(=N\OCC(=O)N[C@H](Cc5c[nH]c6ccccc56)C(=O)O)CC[C@]4(C)[C@@H]3CC[C@@]21C. The number of ketones is 1. The zero-order valence-corrected chi connectivity index (χ0v) is 24.9. The third-order valence-electron chi connectivity index (χ3n) is 11.6. The lowest BCUT2D eigenvalue weighted by molar-refractivity contribution is -0.142. The first-order valence-corrected chi connectivity index (χ1v) is 15.6. The van der Waals surface area contributed by atoms with Gasteiger partial charge in [-0.2, -0.15) is 0 Å². The molecule has 7 atom stereocenters. The van der Waals surface area contributed by atoms with Gasteiger partial charge in [0, 0.05) is 29.4 Å². The Morgan fingerprint density at radius 1 is 1.10 bits per heavy atom. The molecule has 224 valence electrons. The Balaban J connectivity index is 1.06. The lowest BCUT2D eigenvalue weighted by atomic mass is 9.46. The number of carbonyl (C=O) groups excluding carboxylic acids is 2. The maximum absolute atomic E-state index is 12.6. The van der Waals surface area contributed by atoms with Crippen molar-refractivity contribution in [1.29, 1.82) is 0 Å². The first-order valence-electron chi connectivity index (χ1n) is 15.6. The van der Waals surface area contributed by atoms with E-state index in [4.69, 9.17) is 4.84 Å². The third-order valence-corrected chi connectivity index (χ3v) is 11.6. The second kappa shape index (κ2) is 11.0. The van der Waals surface area contributed by atoms with Crippen molar-refractivity contribution in [3.63, 3.8) is 0 Å². The standard InChI is InChI=1S/C34H43N3O5/c1-20(38)26-10-11-27-25-9-8-22-17-23(12-14-33(22,2)28(25)13-15-34(26,27)3)37-42-19-31(39)36-30(32(40)41)16-21-18-35-29-7-5-4-6-24(21)29/h4-7,17-18,25-28,30,35H,8-16,19H2,1-3H3,(H,36,39)(H,40,41)/b37-23-/t25-,26-,27+,28+,30+,33-,34+/m0/s1. The van der Waals surface area contributed by atoms with E-state index in [9.17, 15) is 19.5 Å². The topological polar surface area (TPSA) is 121 Å². The summed E-state index contributed by atoms with van der Waals surface area (Å²) >= 11 is 0. The molecule has 8 nitrogen and oxygen atoms in total. The molecule has 3 N–H and O–H groups in total. The molecule has 3 fully saturated rings. The number of hydrogen-bond donors (Lipinski definition) is 3. The molecule has 0 unspecified atom stereocenters. The fourth-order valence-electron chi connectivity index (χ4n) is 9.44. The molecular formula is C34H43N3O5. The van der Waals surface area contributed by atoms with Gasteiger partial charge in [0.1, 0.15) is 11.8 Å². The minimum atomic E-state index is -1.09. The van der Waals surface area contributed by atoms with Gasteiger partial charge in [-0.3, -0.25) is 9.59 Å². The van der Waals surface area contributed by atoms with Crippen LogP contribution >= 0.6 is 0 Å². The van der Waals surface area contributed by atoms with Gasteiger partial charge in [-0.25, -0.2) is 4.79 Å². The third kappa shape index (κ3) is 4.96. The number of carboxylic acids is 1. The van der Waals surface area contributed by atoms with Crippen LogP contribution in [0.5, 0.6) is 0 Å². The molecule has 0 bridgehead atoms. The largest absolute Gasteiger partial charge is 0.480 e. The molecule has 0 spiro atoms. The molecule has 8 heteroatoms. The molecule has 0 radical (unpaired) electrons. The number of allylic oxidation sites excluding steroid dienone is 2. The van der Waals surface area contributed by atoms with E-state index in [-0.39, 0.29) is 29.8 Å². The Kier molecular flexibility index (Phi) is 7.52. The number of aliphatic carboxylic acids is 1. The average molecular weight is 574 g/mol. The van der Waals surface area contributed by atoms with Gasteiger partial charge in [0.2, 0.25) is 0 Å². The summed E-state index contributed by atoms with van der Waals surface area (Å²) in [5.41, 5.74) is 4.36. The molecule has 3 saturated carbocycles. The monoisotopic (exact) mass is 573 g/mol. The van der Waals surface area contributed by atoms with E-state index in [1.807, 2.05) is 24.3 Å². The number of benzene rings is 1. The van der Waals surface area contributed by atoms with Crippen molar-refractivity contribution in [2.75, 3.05) is 6.61 Å². The van der Waals surface area contributed by atoms with Crippen molar-refractivity contribution in [3.05, 3.63) is 47.7 Å². The molecule has 1 aromatic heterocycles. The molecule has 4 aliphatic carbocycles. The molecule has 1 aromatic carbocycles. The first kappa shape index (κ1) is 28.7. The van der Waals surface area contributed by atoms with Crippen LogP contribution in [-0.4, -0.2) is 46.1 Å². The zero-order valence-electron chi connectivity index (χ0n) is 24.9. The number of oxime groups is 1. The summed E-state index contributed by atoms with van der Waals surface area (Å²) in [7, 11) is 0. The van der Waals surface area contributed by atoms with E-state index in [1.54, 1.807) is 13.1 Å². The second-order valence-electron chi connectivity index (χ2n) is 13.7. The predicted octanol–water partition coefficient (Wildman–Crippen LogP) is 5.82. The highest BCUT2D eigenvalue weighted by molar-refractivity contribution is 5.96. The minimum Gasteiger partial charge on any atom is -0.480 e. The summed E-state index contributed by atoms with van der Waals surface area (Å²) < 4.78 is 0. The Hall–Kier alpha value is -3.42. The summed E-state index contributed by atoms with van der Waals surface area (Å²) in [6, 6.07) is 6.61. The highest BCUT2D eigenvalue weighted by Crippen LogP contribution is 2.66. The number of amides is 1. The van der Waals surface area contributed by atoms with Crippen LogP contribution in [0, 0.1) is 34.5 Å². The molecule has 0 saturated heterocycles. The lowest BCUT2D eigenvalue weighted by Crippen LogP contribution is -2.51. The van der Waals surface area contributed by atoms with Gasteiger partial charge >= 0.3 is 5.97 Å². The fraction of sp³-hybridized carbons (Fsp3) is 0.588. The highest BCUT2D eigenvalue weighted by Gasteiger charge is 2.59. The van der Waals surface area contributed by atoms with Crippen LogP contribution in [0.25, 0.3) is 10.9 Å². The number of Topliss-reactive ketones (excluding diaryl/α,β-unsaturated/α-hetero) is 1. The van der Waals surface area contributed by atoms with Gasteiger partial charge in [0.15, 0.2) is 6.61 Å². The van der Waals surface area contributed by atoms with E-state index in [2.05, 4.69) is 35.4 Å². The van der Waals surface area contributed by atoms with E-state index in [0.717, 1.165) is 54.3 Å². The van der Waals surface area contributed by atoms with Gasteiger partial charge in [-0.15, -0.1) is 0 Å². The summed E-state index contributed by atoms with van der Waals surface area (Å²) in [5.74, 6) is 0.967. The van der Waals surface area contributed by atoms with Gasteiger partial charge in [-0.05, 0) is 105 Å². The number of carboxylic acid groups (broad SMARTS) is 1. The number of fused-ring (bicyclic) bond motifs is 6. The van der Waals surface area contributed by atoms with Crippen LogP contribution in [0.1, 0.15) is 77.7 Å². The molecule has 0 aliphatic heterocycles. The second-order valence-corrected chi connectivity index (χ2v) is 13.7. The summed E-state index contributed by atoms with van der Waals surface area (Å²) in [5, 5.41) is 17.6. The van der Waals surface area contributed by atoms with E-state index in [1.165, 1.54) is 24.8 Å². The van der Waals surface area contributed by atoms with E-state index < -0.39 is 17.9 Å². The number of H-pyrrole nitrogens is 1. The van der Waals surface area contributed by atoms with Gasteiger partial charge in [0.25, 0.3) is 5.91 Å². The van der Waals surface area contributed by atoms with Gasteiger partial charge < -0.3 is 20.2 Å². The average Bonchev–Trinajstić information content (AvgIpc) is 3.53. The van der Waals surface area contributed by atoms with Crippen molar-refractivity contribution in [1.82, 2.24) is 10.3 Å². The Bertz CT molecular complexity index is 1460. The Morgan fingerprint density at radius 2 is 1.90 bits per heavy atom. The number of aromatic nitrogens is 1. The van der Waals surface area contributed by atoms with E-state index >= 15 is 0 Å². The number of aromatic amines is 1. The van der Waals surface area contributed by atoms with Crippen molar-refractivity contribution in [3.8, 4) is 0 Å². The predicted molar refractivity (Wildman–Crippen MR) is 161 cm³/mol. The van der Waals surface area contributed by atoms with Crippen molar-refractivity contribution < 1.29 is 24.3 Å². The number of para-hydroxylation sites is 1. The first-order chi connectivity index (χ1) is 20.1. The molecule has 1 amide bonds. The van der Waals surface area contributed by atoms with Crippen LogP contribution in [0.2, 0.25) is 0 Å². The number of rotatable bonds is 8. The highest BCUT2D eigenvalue weighted by atomic mass is 16.6. The summed E-state index contributed by atoms with van der Waals surface area (Å²) in [6.45, 7) is 6.28. The number of nitrogens with one attached hydrogen (secondary N) is 2. The lowest BCUT2D eigenvalue weighted by Gasteiger charge is -2.58.